The predicted molar refractivity (Wildman–Crippen MR) is 125 cm³/mol. The zero-order valence-corrected chi connectivity index (χ0v) is 21.7. The van der Waals surface area contributed by atoms with Gasteiger partial charge in [0.1, 0.15) is 0 Å². The van der Waals surface area contributed by atoms with Crippen LogP contribution in [-0.2, 0) is 0 Å². The van der Waals surface area contributed by atoms with E-state index in [-0.39, 0.29) is 41.3 Å². The van der Waals surface area contributed by atoms with E-state index < -0.39 is 0 Å². The van der Waals surface area contributed by atoms with Crippen LogP contribution in [0.1, 0.15) is 77.4 Å². The van der Waals surface area contributed by atoms with Crippen LogP contribution in [0.5, 0.6) is 0 Å². The fraction of sp³-hybridized carbons (Fsp3) is 0.636. The van der Waals surface area contributed by atoms with Crippen molar-refractivity contribution in [3.8, 4) is 0 Å². The van der Waals surface area contributed by atoms with E-state index >= 15 is 0 Å². The number of aryl methyl sites for hydroxylation is 4. The van der Waals surface area contributed by atoms with Crippen LogP contribution < -0.4 is 0 Å². The average molecular weight is 411 g/mol. The van der Waals surface area contributed by atoms with E-state index in [1.165, 1.54) is 5.92 Å². The summed E-state index contributed by atoms with van der Waals surface area (Å²) in [5.41, 5.74) is 4.10. The van der Waals surface area contributed by atoms with Crippen LogP contribution in [0.15, 0.2) is 17.1 Å². The summed E-state index contributed by atoms with van der Waals surface area (Å²) in [6.45, 7) is 22.6. The fourth-order valence-electron chi connectivity index (χ4n) is 2.81. The van der Waals surface area contributed by atoms with Crippen molar-refractivity contribution < 1.29 is 0 Å². The first-order chi connectivity index (χ1) is 12.9. The number of amidine groups is 1. The van der Waals surface area contributed by atoms with Gasteiger partial charge in [-0.15, -0.1) is 0 Å². The van der Waals surface area contributed by atoms with Crippen LogP contribution in [0, 0.1) is 33.6 Å². The summed E-state index contributed by atoms with van der Waals surface area (Å²) in [5.74, 6) is 2.18. The van der Waals surface area contributed by atoms with Crippen LogP contribution in [0.25, 0.3) is 5.32 Å². The number of hydrogen-bond acceptors (Lipinski definition) is 3. The third kappa shape index (κ3) is 8.91. The van der Waals surface area contributed by atoms with E-state index in [0.29, 0.717) is 0 Å². The van der Waals surface area contributed by atoms with Crippen molar-refractivity contribution in [3.05, 3.63) is 46.1 Å². The zero-order valence-electron chi connectivity index (χ0n) is 20.3. The minimum atomic E-state index is -0.266. The molecule has 0 aromatic carbocycles. The van der Waals surface area contributed by atoms with E-state index in [1.807, 2.05) is 23.2 Å². The molecule has 0 aliphatic rings. The average Bonchev–Trinajstić information content (AvgIpc) is 2.99. The van der Waals surface area contributed by atoms with Gasteiger partial charge in [0.15, 0.2) is 6.17 Å². The molecule has 0 saturated carbocycles. The molecule has 0 atom stereocenters. The minimum Gasteiger partial charge on any atom is -0.463 e. The van der Waals surface area contributed by atoms with Gasteiger partial charge < -0.3 is 16.2 Å². The summed E-state index contributed by atoms with van der Waals surface area (Å²) in [5, 5.41) is 14.2. The van der Waals surface area contributed by atoms with Crippen LogP contribution >= 0.6 is 0 Å². The molecular formula is C22H38MgN6. The Hall–Kier alpha value is -1.34. The predicted octanol–water partition coefficient (Wildman–Crippen LogP) is 5.19. The fourth-order valence-corrected chi connectivity index (χ4v) is 2.81. The SMILES string of the molecule is C[C-](C)C.Cc1cc(C)n(C(C(=NC(C)C)[N-]C(C)C)n2nc(C)cc2C)n1.[Mg+2]. The topological polar surface area (TPSA) is 62.1 Å². The summed E-state index contributed by atoms with van der Waals surface area (Å²) in [4.78, 5) is 4.80. The minimum absolute atomic E-state index is 0. The molecule has 2 aromatic heterocycles. The summed E-state index contributed by atoms with van der Waals surface area (Å²) in [6, 6.07) is 4.44. The molecule has 0 amide bonds. The van der Waals surface area contributed by atoms with Gasteiger partial charge in [-0.3, -0.25) is 0 Å². The molecule has 0 saturated heterocycles. The Morgan fingerprint density at radius 2 is 1.28 bits per heavy atom. The maximum absolute atomic E-state index is 4.80. The number of aliphatic imine (C=N–C) groups is 1. The van der Waals surface area contributed by atoms with Gasteiger partial charge in [-0.05, 0) is 57.7 Å². The monoisotopic (exact) mass is 410 g/mol. The van der Waals surface area contributed by atoms with E-state index in [9.17, 15) is 0 Å². The standard InChI is InChI=1S/C18H29N6.C4H9.Mg/c1-11(2)19-17(20-12(3)4)18(23-15(7)9-13(5)21-23)24-16(8)10-14(6)22-24;1-4(2)3;/h9-12,18H,1-8H3;1-3H3;/q2*-1;+2. The molecule has 2 heterocycles. The molecule has 0 aliphatic carbocycles. The third-order valence-electron chi connectivity index (χ3n) is 3.56. The van der Waals surface area contributed by atoms with Crippen molar-refractivity contribution in [2.75, 3.05) is 0 Å². The quantitative estimate of drug-likeness (QED) is 0.295. The Labute approximate surface area is 193 Å². The molecule has 2 rings (SSSR count). The van der Waals surface area contributed by atoms with Crippen LogP contribution in [0.2, 0.25) is 0 Å². The van der Waals surface area contributed by atoms with Crippen LogP contribution in [0.4, 0.5) is 0 Å². The normalized spacial score (nSPS) is 11.8. The molecule has 0 bridgehead atoms. The molecular weight excluding hydrogens is 373 g/mol. The molecule has 0 fully saturated rings. The molecule has 7 heteroatoms. The van der Waals surface area contributed by atoms with Gasteiger partial charge in [-0.2, -0.15) is 31.0 Å². The van der Waals surface area contributed by atoms with Crippen LogP contribution in [-0.4, -0.2) is 60.5 Å². The number of aromatic nitrogens is 4. The van der Waals surface area contributed by atoms with Gasteiger partial charge in [0, 0.05) is 11.4 Å². The summed E-state index contributed by atoms with van der Waals surface area (Å²) in [7, 11) is 0. The summed E-state index contributed by atoms with van der Waals surface area (Å²) >= 11 is 0. The maximum atomic E-state index is 4.80. The van der Waals surface area contributed by atoms with Crippen molar-refractivity contribution >= 4 is 28.9 Å². The van der Waals surface area contributed by atoms with E-state index in [2.05, 4.69) is 84.6 Å². The van der Waals surface area contributed by atoms with Crippen LogP contribution in [0.3, 0.4) is 0 Å². The van der Waals surface area contributed by atoms with Gasteiger partial charge in [-0.1, -0.05) is 27.7 Å². The molecule has 0 unspecified atom stereocenters. The second-order valence-electron chi connectivity index (χ2n) is 8.42. The van der Waals surface area contributed by atoms with E-state index in [1.54, 1.807) is 0 Å². The number of hydrogen-bond donors (Lipinski definition) is 0. The third-order valence-corrected chi connectivity index (χ3v) is 3.56. The first-order valence-electron chi connectivity index (χ1n) is 10.0. The molecule has 0 radical (unpaired) electrons. The Kier molecular flexibility index (Phi) is 11.8. The van der Waals surface area contributed by atoms with E-state index in [0.717, 1.165) is 28.6 Å². The van der Waals surface area contributed by atoms with Gasteiger partial charge in [0.05, 0.1) is 11.4 Å². The van der Waals surface area contributed by atoms with Crippen molar-refractivity contribution in [3.63, 3.8) is 0 Å². The van der Waals surface area contributed by atoms with Crippen molar-refractivity contribution in [2.24, 2.45) is 4.99 Å². The van der Waals surface area contributed by atoms with Gasteiger partial charge in [-0.25, -0.2) is 9.36 Å². The second kappa shape index (κ2) is 12.4. The second-order valence-corrected chi connectivity index (χ2v) is 8.42. The van der Waals surface area contributed by atoms with Crippen molar-refractivity contribution in [2.45, 2.75) is 94.4 Å². The largest absolute Gasteiger partial charge is 2.00 e. The van der Waals surface area contributed by atoms with Gasteiger partial charge in [0.25, 0.3) is 0 Å². The Balaban J connectivity index is 0.00000143. The smallest absolute Gasteiger partial charge is 0.463 e. The molecule has 29 heavy (non-hydrogen) atoms. The van der Waals surface area contributed by atoms with E-state index in [4.69, 9.17) is 10.3 Å². The molecule has 158 valence electrons. The maximum Gasteiger partial charge on any atom is 2.00 e. The molecule has 6 nitrogen and oxygen atoms in total. The molecule has 2 aromatic rings. The Morgan fingerprint density at radius 1 is 0.897 bits per heavy atom. The first kappa shape index (κ1) is 27.7. The van der Waals surface area contributed by atoms with Crippen molar-refractivity contribution in [1.29, 1.82) is 0 Å². The Bertz CT molecular complexity index is 721. The van der Waals surface area contributed by atoms with Gasteiger partial charge in [0.2, 0.25) is 0 Å². The number of rotatable bonds is 5. The number of nitrogens with zero attached hydrogens (tertiary/aromatic N) is 6. The van der Waals surface area contributed by atoms with Crippen molar-refractivity contribution in [1.82, 2.24) is 19.6 Å². The Morgan fingerprint density at radius 3 is 1.52 bits per heavy atom. The molecule has 0 spiro atoms. The summed E-state index contributed by atoms with van der Waals surface area (Å²) < 4.78 is 3.95. The first-order valence-corrected chi connectivity index (χ1v) is 10.0. The summed E-state index contributed by atoms with van der Waals surface area (Å²) in [6.07, 6.45) is -0.266. The molecule has 0 N–H and O–H groups in total. The molecule has 0 aliphatic heterocycles. The van der Waals surface area contributed by atoms with Gasteiger partial charge >= 0.3 is 23.1 Å². The zero-order chi connectivity index (χ0) is 21.6.